The van der Waals surface area contributed by atoms with Crippen molar-refractivity contribution >= 4 is 40.6 Å². The molecule has 2 aromatic rings. The van der Waals surface area contributed by atoms with Crippen LogP contribution in [-0.2, 0) is 11.8 Å². The number of rotatable bonds is 5. The van der Waals surface area contributed by atoms with Crippen molar-refractivity contribution in [2.75, 3.05) is 16.8 Å². The molecular formula is C12H14ClN5O2S. The number of H-pyrrole nitrogens is 1. The standard InChI is InChI=1S/C12H14ClN5O2S/c1-18-11(20)16-17-12(18)21-5-4-10(19)15-7-2-3-8(13)9(14)6-7/h2-3,6H,4-5,14H2,1H3,(H,15,19)(H,16,20). The Hall–Kier alpha value is -1.93. The van der Waals surface area contributed by atoms with Crippen LogP contribution in [0.3, 0.4) is 0 Å². The van der Waals surface area contributed by atoms with E-state index in [0.717, 1.165) is 0 Å². The molecule has 21 heavy (non-hydrogen) atoms. The second kappa shape index (κ2) is 6.68. The van der Waals surface area contributed by atoms with Gasteiger partial charge >= 0.3 is 5.69 Å². The van der Waals surface area contributed by atoms with Crippen molar-refractivity contribution < 1.29 is 4.79 Å². The maximum Gasteiger partial charge on any atom is 0.343 e. The number of amides is 1. The lowest BCUT2D eigenvalue weighted by Crippen LogP contribution is -2.14. The van der Waals surface area contributed by atoms with E-state index >= 15 is 0 Å². The molecule has 0 atom stereocenters. The second-order valence-corrected chi connectivity index (χ2v) is 5.72. The maximum atomic E-state index is 11.8. The zero-order valence-corrected chi connectivity index (χ0v) is 12.8. The average Bonchev–Trinajstić information content (AvgIpc) is 2.75. The number of aromatic amines is 1. The second-order valence-electron chi connectivity index (χ2n) is 4.25. The minimum Gasteiger partial charge on any atom is -0.397 e. The quantitative estimate of drug-likeness (QED) is 0.569. The van der Waals surface area contributed by atoms with E-state index in [4.69, 9.17) is 17.3 Å². The van der Waals surface area contributed by atoms with Crippen LogP contribution >= 0.6 is 23.4 Å². The van der Waals surface area contributed by atoms with Gasteiger partial charge in [0.1, 0.15) is 0 Å². The molecule has 0 saturated carbocycles. The summed E-state index contributed by atoms with van der Waals surface area (Å²) < 4.78 is 1.39. The van der Waals surface area contributed by atoms with Gasteiger partial charge in [-0.15, -0.1) is 5.10 Å². The molecule has 0 unspecified atom stereocenters. The summed E-state index contributed by atoms with van der Waals surface area (Å²) in [7, 11) is 1.62. The molecule has 0 aliphatic rings. The number of thioether (sulfide) groups is 1. The van der Waals surface area contributed by atoms with Gasteiger partial charge in [-0.25, -0.2) is 9.89 Å². The third-order valence-corrected chi connectivity index (χ3v) is 4.05. The van der Waals surface area contributed by atoms with Gasteiger partial charge in [-0.3, -0.25) is 9.36 Å². The fourth-order valence-electron chi connectivity index (χ4n) is 1.54. The van der Waals surface area contributed by atoms with E-state index < -0.39 is 0 Å². The van der Waals surface area contributed by atoms with E-state index in [1.54, 1.807) is 25.2 Å². The molecule has 0 radical (unpaired) electrons. The number of benzene rings is 1. The van der Waals surface area contributed by atoms with Crippen LogP contribution in [0.15, 0.2) is 28.2 Å². The molecule has 0 fully saturated rings. The lowest BCUT2D eigenvalue weighted by atomic mass is 10.2. The summed E-state index contributed by atoms with van der Waals surface area (Å²) in [6.07, 6.45) is 0.286. The lowest BCUT2D eigenvalue weighted by Gasteiger charge is -2.06. The highest BCUT2D eigenvalue weighted by Crippen LogP contribution is 2.22. The van der Waals surface area contributed by atoms with Crippen molar-refractivity contribution in [3.05, 3.63) is 33.7 Å². The van der Waals surface area contributed by atoms with Crippen LogP contribution in [-0.4, -0.2) is 26.4 Å². The summed E-state index contributed by atoms with van der Waals surface area (Å²) >= 11 is 7.13. The highest BCUT2D eigenvalue weighted by molar-refractivity contribution is 7.99. The molecule has 1 heterocycles. The van der Waals surface area contributed by atoms with Crippen molar-refractivity contribution in [2.24, 2.45) is 7.05 Å². The van der Waals surface area contributed by atoms with Gasteiger partial charge in [0.2, 0.25) is 5.91 Å². The molecule has 4 N–H and O–H groups in total. The molecule has 0 aliphatic heterocycles. The fraction of sp³-hybridized carbons (Fsp3) is 0.250. The summed E-state index contributed by atoms with van der Waals surface area (Å²) in [5.41, 5.74) is 6.39. The van der Waals surface area contributed by atoms with Crippen LogP contribution in [0.5, 0.6) is 0 Å². The number of carbonyl (C=O) groups excluding carboxylic acids is 1. The fourth-order valence-corrected chi connectivity index (χ4v) is 2.52. The van der Waals surface area contributed by atoms with Gasteiger partial charge in [0, 0.05) is 24.9 Å². The Morgan fingerprint density at radius 3 is 2.95 bits per heavy atom. The van der Waals surface area contributed by atoms with Crippen molar-refractivity contribution in [3.8, 4) is 0 Å². The van der Waals surface area contributed by atoms with Gasteiger partial charge in [-0.05, 0) is 18.2 Å². The first kappa shape index (κ1) is 15.5. The minimum atomic E-state index is -0.279. The van der Waals surface area contributed by atoms with Crippen molar-refractivity contribution in [1.29, 1.82) is 0 Å². The summed E-state index contributed by atoms with van der Waals surface area (Å²) in [4.78, 5) is 23.0. The first-order valence-electron chi connectivity index (χ1n) is 6.06. The minimum absolute atomic E-state index is 0.148. The highest BCUT2D eigenvalue weighted by Gasteiger charge is 2.08. The van der Waals surface area contributed by atoms with Gasteiger partial charge in [0.15, 0.2) is 5.16 Å². The first-order valence-corrected chi connectivity index (χ1v) is 7.43. The summed E-state index contributed by atoms with van der Waals surface area (Å²) in [6.45, 7) is 0. The van der Waals surface area contributed by atoms with Gasteiger partial charge in [-0.2, -0.15) is 0 Å². The van der Waals surface area contributed by atoms with Crippen molar-refractivity contribution in [2.45, 2.75) is 11.6 Å². The Bertz CT molecular complexity index is 712. The normalized spacial score (nSPS) is 10.6. The average molecular weight is 328 g/mol. The van der Waals surface area contributed by atoms with Gasteiger partial charge in [-0.1, -0.05) is 23.4 Å². The monoisotopic (exact) mass is 327 g/mol. The molecule has 0 bridgehead atoms. The molecule has 1 amide bonds. The predicted molar refractivity (Wildman–Crippen MR) is 83.7 cm³/mol. The summed E-state index contributed by atoms with van der Waals surface area (Å²) in [5.74, 6) is 0.359. The van der Waals surface area contributed by atoms with Gasteiger partial charge in [0.05, 0.1) is 10.7 Å². The largest absolute Gasteiger partial charge is 0.397 e. The number of hydrogen-bond acceptors (Lipinski definition) is 5. The van der Waals surface area contributed by atoms with E-state index in [9.17, 15) is 9.59 Å². The van der Waals surface area contributed by atoms with Crippen LogP contribution < -0.4 is 16.7 Å². The molecule has 0 spiro atoms. The zero-order valence-electron chi connectivity index (χ0n) is 11.2. The first-order chi connectivity index (χ1) is 9.97. The number of nitrogen functional groups attached to an aromatic ring is 1. The van der Waals surface area contributed by atoms with E-state index in [2.05, 4.69) is 15.5 Å². The number of aromatic nitrogens is 3. The zero-order chi connectivity index (χ0) is 15.4. The van der Waals surface area contributed by atoms with E-state index in [-0.39, 0.29) is 18.0 Å². The SMILES string of the molecule is Cn1c(SCCC(=O)Nc2ccc(Cl)c(N)c2)n[nH]c1=O. The topological polar surface area (TPSA) is 106 Å². The number of anilines is 2. The molecule has 1 aromatic carbocycles. The van der Waals surface area contributed by atoms with Gasteiger partial charge < -0.3 is 11.1 Å². The Balaban J connectivity index is 1.83. The molecule has 0 aliphatic carbocycles. The molecular weight excluding hydrogens is 314 g/mol. The van der Waals surface area contributed by atoms with Crippen molar-refractivity contribution in [1.82, 2.24) is 14.8 Å². The number of nitrogens with one attached hydrogen (secondary N) is 2. The number of halogens is 1. The number of carbonyl (C=O) groups is 1. The lowest BCUT2D eigenvalue weighted by molar-refractivity contribution is -0.115. The van der Waals surface area contributed by atoms with Gasteiger partial charge in [0.25, 0.3) is 0 Å². The Morgan fingerprint density at radius 2 is 2.33 bits per heavy atom. The Labute approximate surface area is 129 Å². The smallest absolute Gasteiger partial charge is 0.343 e. The van der Waals surface area contributed by atoms with Crippen LogP contribution in [0.4, 0.5) is 11.4 Å². The molecule has 0 saturated heterocycles. The summed E-state index contributed by atoms with van der Waals surface area (Å²) in [5, 5.41) is 9.90. The third kappa shape index (κ3) is 4.02. The van der Waals surface area contributed by atoms with E-state index in [1.165, 1.54) is 16.3 Å². The van der Waals surface area contributed by atoms with Crippen LogP contribution in [0.1, 0.15) is 6.42 Å². The van der Waals surface area contributed by atoms with Crippen LogP contribution in [0, 0.1) is 0 Å². The number of hydrogen-bond donors (Lipinski definition) is 3. The maximum absolute atomic E-state index is 11.8. The van der Waals surface area contributed by atoms with E-state index in [0.29, 0.717) is 27.3 Å². The van der Waals surface area contributed by atoms with E-state index in [1.807, 2.05) is 0 Å². The van der Waals surface area contributed by atoms with Crippen LogP contribution in [0.25, 0.3) is 0 Å². The molecule has 2 rings (SSSR count). The Morgan fingerprint density at radius 1 is 1.57 bits per heavy atom. The molecule has 112 valence electrons. The predicted octanol–water partition coefficient (Wildman–Crippen LogP) is 1.46. The third-order valence-electron chi connectivity index (χ3n) is 2.68. The van der Waals surface area contributed by atoms with Crippen molar-refractivity contribution in [3.63, 3.8) is 0 Å². The Kier molecular flexibility index (Phi) is 4.92. The summed E-state index contributed by atoms with van der Waals surface area (Å²) in [6, 6.07) is 4.91. The molecule has 7 nitrogen and oxygen atoms in total. The molecule has 1 aromatic heterocycles. The molecule has 9 heteroatoms. The van der Waals surface area contributed by atoms with Crippen LogP contribution in [0.2, 0.25) is 5.02 Å². The highest BCUT2D eigenvalue weighted by atomic mass is 35.5. The number of nitrogens with two attached hydrogens (primary N) is 1. The number of nitrogens with zero attached hydrogens (tertiary/aromatic N) is 2.